The highest BCUT2D eigenvalue weighted by molar-refractivity contribution is 6.32. The van der Waals surface area contributed by atoms with Crippen LogP contribution in [-0.2, 0) is 0 Å². The van der Waals surface area contributed by atoms with Crippen LogP contribution in [0.1, 0.15) is 33.6 Å². The van der Waals surface area contributed by atoms with Gasteiger partial charge in [0.15, 0.2) is 0 Å². The van der Waals surface area contributed by atoms with E-state index < -0.39 is 0 Å². The molecule has 0 spiro atoms. The lowest BCUT2D eigenvalue weighted by atomic mass is 10.1. The number of hydrogen-bond donors (Lipinski definition) is 1. The molecule has 2 aromatic rings. The highest BCUT2D eigenvalue weighted by atomic mass is 35.5. The minimum Gasteiger partial charge on any atom is -0.369 e. The smallest absolute Gasteiger partial charge is 0.261 e. The van der Waals surface area contributed by atoms with Gasteiger partial charge in [-0.1, -0.05) is 23.7 Å². The number of nitrogens with zero attached hydrogens (tertiary/aromatic N) is 3. The third-order valence-corrected chi connectivity index (χ3v) is 3.92. The number of unbranched alkanes of at least 4 members (excludes halogenated alkanes) is 1. The predicted octanol–water partition coefficient (Wildman–Crippen LogP) is 2.62. The van der Waals surface area contributed by atoms with Crippen LogP contribution in [0.15, 0.2) is 36.8 Å². The van der Waals surface area contributed by atoms with E-state index in [-0.39, 0.29) is 11.8 Å². The number of hydrogen-bond acceptors (Lipinski definition) is 5. The molecule has 1 aromatic carbocycles. The molecule has 0 atom stereocenters. The van der Waals surface area contributed by atoms with E-state index >= 15 is 0 Å². The van der Waals surface area contributed by atoms with E-state index in [2.05, 4.69) is 15.3 Å². The fourth-order valence-corrected chi connectivity index (χ4v) is 2.66. The van der Waals surface area contributed by atoms with Crippen molar-refractivity contribution in [3.8, 4) is 0 Å². The van der Waals surface area contributed by atoms with E-state index in [1.807, 2.05) is 0 Å². The molecular formula is C16H15ClN4O2. The molecule has 2 heterocycles. The van der Waals surface area contributed by atoms with Gasteiger partial charge in [0.25, 0.3) is 11.8 Å². The molecule has 1 aliphatic heterocycles. The molecule has 7 heteroatoms. The van der Waals surface area contributed by atoms with Crippen molar-refractivity contribution in [1.82, 2.24) is 14.9 Å². The zero-order valence-corrected chi connectivity index (χ0v) is 13.1. The quantitative estimate of drug-likeness (QED) is 0.651. The van der Waals surface area contributed by atoms with Crippen molar-refractivity contribution in [2.75, 3.05) is 18.4 Å². The van der Waals surface area contributed by atoms with E-state index in [1.165, 1.54) is 17.4 Å². The van der Waals surface area contributed by atoms with Crippen LogP contribution in [0.2, 0.25) is 5.02 Å². The van der Waals surface area contributed by atoms with Gasteiger partial charge < -0.3 is 5.32 Å². The number of carbonyl (C=O) groups is 2. The van der Waals surface area contributed by atoms with Gasteiger partial charge in [0.2, 0.25) is 0 Å². The van der Waals surface area contributed by atoms with Crippen LogP contribution in [0.3, 0.4) is 0 Å². The molecule has 0 bridgehead atoms. The Kier molecular flexibility index (Phi) is 4.52. The van der Waals surface area contributed by atoms with Crippen LogP contribution >= 0.6 is 11.6 Å². The number of aromatic nitrogens is 2. The molecule has 1 aromatic heterocycles. The van der Waals surface area contributed by atoms with Gasteiger partial charge in [0.05, 0.1) is 17.3 Å². The molecule has 0 radical (unpaired) electrons. The Hall–Kier alpha value is -2.47. The summed E-state index contributed by atoms with van der Waals surface area (Å²) in [6.45, 7) is 1.06. The molecule has 23 heavy (non-hydrogen) atoms. The van der Waals surface area contributed by atoms with E-state index in [0.29, 0.717) is 41.5 Å². The van der Waals surface area contributed by atoms with Crippen LogP contribution in [0.25, 0.3) is 0 Å². The topological polar surface area (TPSA) is 75.2 Å². The zero-order valence-electron chi connectivity index (χ0n) is 12.3. The molecule has 1 aliphatic rings. The summed E-state index contributed by atoms with van der Waals surface area (Å²) in [5.41, 5.74) is 0.979. The lowest BCUT2D eigenvalue weighted by molar-refractivity contribution is 0.0652. The summed E-state index contributed by atoms with van der Waals surface area (Å²) in [6.07, 6.45) is 4.44. The lowest BCUT2D eigenvalue weighted by Gasteiger charge is -2.13. The van der Waals surface area contributed by atoms with E-state index in [9.17, 15) is 9.59 Å². The second-order valence-electron chi connectivity index (χ2n) is 5.16. The molecule has 0 aliphatic carbocycles. The number of anilines is 1. The maximum atomic E-state index is 12.2. The summed E-state index contributed by atoms with van der Waals surface area (Å²) in [5.74, 6) is 0.164. The van der Waals surface area contributed by atoms with Gasteiger partial charge in [-0.15, -0.1) is 0 Å². The van der Waals surface area contributed by atoms with Gasteiger partial charge in [-0.25, -0.2) is 9.97 Å². The third-order valence-electron chi connectivity index (χ3n) is 3.65. The zero-order chi connectivity index (χ0) is 16.2. The van der Waals surface area contributed by atoms with Crippen molar-refractivity contribution in [2.45, 2.75) is 12.8 Å². The normalized spacial score (nSPS) is 13.3. The molecule has 2 amide bonds. The number of amides is 2. The van der Waals surface area contributed by atoms with Crippen molar-refractivity contribution in [1.29, 1.82) is 0 Å². The predicted molar refractivity (Wildman–Crippen MR) is 86.6 cm³/mol. The summed E-state index contributed by atoms with van der Waals surface area (Å²) in [5, 5.41) is 3.57. The molecule has 118 valence electrons. The number of imide groups is 1. The molecule has 6 nitrogen and oxygen atoms in total. The summed E-state index contributed by atoms with van der Waals surface area (Å²) in [4.78, 5) is 33.5. The maximum Gasteiger partial charge on any atom is 0.261 e. The Morgan fingerprint density at radius 1 is 1.09 bits per heavy atom. The first-order chi connectivity index (χ1) is 11.2. The second-order valence-corrected chi connectivity index (χ2v) is 5.57. The van der Waals surface area contributed by atoms with Crippen molar-refractivity contribution >= 4 is 29.2 Å². The summed E-state index contributed by atoms with van der Waals surface area (Å²) >= 11 is 5.95. The van der Waals surface area contributed by atoms with Crippen molar-refractivity contribution in [3.05, 3.63) is 52.9 Å². The van der Waals surface area contributed by atoms with Crippen LogP contribution < -0.4 is 5.32 Å². The molecule has 0 unspecified atom stereocenters. The van der Waals surface area contributed by atoms with Crippen LogP contribution in [0, 0.1) is 0 Å². The van der Waals surface area contributed by atoms with Gasteiger partial charge in [-0.05, 0) is 25.0 Å². The Balaban J connectivity index is 1.48. The Morgan fingerprint density at radius 3 is 2.43 bits per heavy atom. The number of nitrogens with one attached hydrogen (secondary N) is 1. The molecular weight excluding hydrogens is 316 g/mol. The molecule has 3 rings (SSSR count). The van der Waals surface area contributed by atoms with E-state index in [4.69, 9.17) is 11.6 Å². The average molecular weight is 331 g/mol. The van der Waals surface area contributed by atoms with E-state index in [1.54, 1.807) is 24.3 Å². The summed E-state index contributed by atoms with van der Waals surface area (Å²) < 4.78 is 0. The fraction of sp³-hybridized carbons (Fsp3) is 0.250. The number of benzene rings is 1. The third kappa shape index (κ3) is 3.17. The maximum absolute atomic E-state index is 12.2. The number of rotatable bonds is 6. The minimum absolute atomic E-state index is 0.211. The first-order valence-electron chi connectivity index (χ1n) is 7.33. The largest absolute Gasteiger partial charge is 0.369 e. The van der Waals surface area contributed by atoms with E-state index in [0.717, 1.165) is 6.42 Å². The molecule has 1 N–H and O–H groups in total. The fourth-order valence-electron chi connectivity index (χ4n) is 2.49. The minimum atomic E-state index is -0.211. The summed E-state index contributed by atoms with van der Waals surface area (Å²) in [6, 6.07) is 6.91. The van der Waals surface area contributed by atoms with Gasteiger partial charge in [-0.2, -0.15) is 0 Å². The molecule has 0 fully saturated rings. The number of fused-ring (bicyclic) bond motifs is 1. The highest BCUT2D eigenvalue weighted by Crippen LogP contribution is 2.22. The standard InChI is InChI=1S/C16H15ClN4O2/c17-13-9-18-10-20-14(13)19-7-3-4-8-21-15(22)11-5-1-2-6-12(11)16(21)23/h1-2,5-6,9-10H,3-4,7-8H2,(H,18,19,20). The Labute approximate surface area is 138 Å². The summed E-state index contributed by atoms with van der Waals surface area (Å²) in [7, 11) is 0. The number of carbonyl (C=O) groups excluding carboxylic acids is 2. The Morgan fingerprint density at radius 2 is 1.78 bits per heavy atom. The number of halogens is 1. The Bertz CT molecular complexity index is 715. The van der Waals surface area contributed by atoms with Crippen molar-refractivity contribution < 1.29 is 9.59 Å². The average Bonchev–Trinajstić information content (AvgIpc) is 2.81. The van der Waals surface area contributed by atoms with Crippen molar-refractivity contribution in [2.24, 2.45) is 0 Å². The molecule has 0 saturated heterocycles. The first kappa shape index (κ1) is 15.4. The lowest BCUT2D eigenvalue weighted by Crippen LogP contribution is -2.30. The molecule has 0 saturated carbocycles. The van der Waals surface area contributed by atoms with Gasteiger partial charge in [-0.3, -0.25) is 14.5 Å². The highest BCUT2D eigenvalue weighted by Gasteiger charge is 2.34. The van der Waals surface area contributed by atoms with Gasteiger partial charge >= 0.3 is 0 Å². The van der Waals surface area contributed by atoms with Gasteiger partial charge in [0.1, 0.15) is 17.2 Å². The van der Waals surface area contributed by atoms with Crippen LogP contribution in [0.4, 0.5) is 5.82 Å². The van der Waals surface area contributed by atoms with Gasteiger partial charge in [0, 0.05) is 13.1 Å². The monoisotopic (exact) mass is 330 g/mol. The second kappa shape index (κ2) is 6.75. The van der Waals surface area contributed by atoms with Crippen molar-refractivity contribution in [3.63, 3.8) is 0 Å². The first-order valence-corrected chi connectivity index (χ1v) is 7.71. The van der Waals surface area contributed by atoms with Crippen LogP contribution in [-0.4, -0.2) is 39.8 Å². The van der Waals surface area contributed by atoms with Crippen LogP contribution in [0.5, 0.6) is 0 Å². The SMILES string of the molecule is O=C1c2ccccc2C(=O)N1CCCCNc1ncncc1Cl.